The standard InChI is InChI=1S/C18H14BrCl2N/c19-14-7-2-1-4-13(14)18-12-6-3-5-11(12)17-15(21)8-10(20)9-16(17)22-18/h1-5,7-9,11-12,18,22H,6H2/t11-,12+,18+/m1/s1. The molecule has 3 atom stereocenters. The predicted octanol–water partition coefficient (Wildman–Crippen LogP) is 6.58. The van der Waals surface area contributed by atoms with Gasteiger partial charge < -0.3 is 5.32 Å². The molecule has 0 radical (unpaired) electrons. The molecule has 1 nitrogen and oxygen atoms in total. The van der Waals surface area contributed by atoms with Gasteiger partial charge in [-0.1, -0.05) is 69.5 Å². The first-order valence-electron chi connectivity index (χ1n) is 7.31. The van der Waals surface area contributed by atoms with Crippen LogP contribution in [0.2, 0.25) is 10.0 Å². The molecule has 0 spiro atoms. The van der Waals surface area contributed by atoms with Crippen molar-refractivity contribution < 1.29 is 0 Å². The van der Waals surface area contributed by atoms with Gasteiger partial charge in [0.1, 0.15) is 0 Å². The molecule has 0 saturated carbocycles. The van der Waals surface area contributed by atoms with Crippen molar-refractivity contribution in [1.29, 1.82) is 0 Å². The zero-order valence-electron chi connectivity index (χ0n) is 11.7. The molecule has 0 saturated heterocycles. The number of nitrogens with one attached hydrogen (secondary N) is 1. The van der Waals surface area contributed by atoms with Crippen molar-refractivity contribution in [1.82, 2.24) is 0 Å². The quantitative estimate of drug-likeness (QED) is 0.538. The Balaban J connectivity index is 1.86. The molecular formula is C18H14BrCl2N. The van der Waals surface area contributed by atoms with Crippen LogP contribution in [0.15, 0.2) is 53.0 Å². The fraction of sp³-hybridized carbons (Fsp3) is 0.222. The second-order valence-electron chi connectivity index (χ2n) is 5.85. The highest BCUT2D eigenvalue weighted by Crippen LogP contribution is 2.53. The second-order valence-corrected chi connectivity index (χ2v) is 7.54. The Bertz CT molecular complexity index is 772. The van der Waals surface area contributed by atoms with E-state index in [1.165, 1.54) is 11.1 Å². The third-order valence-corrected chi connectivity index (χ3v) is 5.87. The van der Waals surface area contributed by atoms with Gasteiger partial charge in [-0.3, -0.25) is 0 Å². The molecule has 22 heavy (non-hydrogen) atoms. The van der Waals surface area contributed by atoms with Gasteiger partial charge in [-0.2, -0.15) is 0 Å². The highest BCUT2D eigenvalue weighted by molar-refractivity contribution is 9.10. The van der Waals surface area contributed by atoms with Crippen LogP contribution in [0.3, 0.4) is 0 Å². The fourth-order valence-electron chi connectivity index (χ4n) is 3.68. The molecule has 0 aromatic heterocycles. The number of benzene rings is 2. The summed E-state index contributed by atoms with van der Waals surface area (Å²) in [7, 11) is 0. The Kier molecular flexibility index (Phi) is 3.72. The maximum Gasteiger partial charge on any atom is 0.0565 e. The minimum absolute atomic E-state index is 0.248. The molecule has 1 N–H and O–H groups in total. The molecule has 1 aliphatic carbocycles. The molecule has 2 aliphatic rings. The smallest absolute Gasteiger partial charge is 0.0565 e. The monoisotopic (exact) mass is 393 g/mol. The van der Waals surface area contributed by atoms with Crippen molar-refractivity contribution in [2.75, 3.05) is 5.32 Å². The third-order valence-electron chi connectivity index (χ3n) is 4.62. The van der Waals surface area contributed by atoms with Crippen molar-refractivity contribution in [3.8, 4) is 0 Å². The molecule has 1 heterocycles. The normalized spacial score (nSPS) is 25.5. The lowest BCUT2D eigenvalue weighted by Crippen LogP contribution is -2.29. The summed E-state index contributed by atoms with van der Waals surface area (Å²) >= 11 is 16.4. The Morgan fingerprint density at radius 3 is 2.77 bits per heavy atom. The summed E-state index contributed by atoms with van der Waals surface area (Å²) in [5, 5.41) is 5.09. The first-order chi connectivity index (χ1) is 10.6. The van der Waals surface area contributed by atoms with E-state index in [9.17, 15) is 0 Å². The van der Waals surface area contributed by atoms with Crippen LogP contribution in [0.4, 0.5) is 5.69 Å². The van der Waals surface area contributed by atoms with E-state index < -0.39 is 0 Å². The molecular weight excluding hydrogens is 381 g/mol. The number of allylic oxidation sites excluding steroid dienone is 2. The van der Waals surface area contributed by atoms with Crippen LogP contribution in [-0.2, 0) is 0 Å². The largest absolute Gasteiger partial charge is 0.378 e. The lowest BCUT2D eigenvalue weighted by molar-refractivity contribution is 0.425. The molecule has 2 aromatic carbocycles. The Morgan fingerprint density at radius 2 is 1.95 bits per heavy atom. The van der Waals surface area contributed by atoms with Crippen LogP contribution >= 0.6 is 39.1 Å². The number of hydrogen-bond acceptors (Lipinski definition) is 1. The maximum atomic E-state index is 6.47. The molecule has 0 unspecified atom stereocenters. The van der Waals surface area contributed by atoms with Crippen molar-refractivity contribution in [3.63, 3.8) is 0 Å². The van der Waals surface area contributed by atoms with Gasteiger partial charge in [0.2, 0.25) is 0 Å². The van der Waals surface area contributed by atoms with Gasteiger partial charge in [0.05, 0.1) is 6.04 Å². The van der Waals surface area contributed by atoms with Crippen molar-refractivity contribution >= 4 is 44.8 Å². The number of anilines is 1. The number of fused-ring (bicyclic) bond motifs is 3. The van der Waals surface area contributed by atoms with Gasteiger partial charge in [-0.05, 0) is 36.1 Å². The van der Waals surface area contributed by atoms with Gasteiger partial charge in [0, 0.05) is 31.7 Å². The minimum Gasteiger partial charge on any atom is -0.378 e. The van der Waals surface area contributed by atoms with Gasteiger partial charge in [0.25, 0.3) is 0 Å². The average Bonchev–Trinajstić information content (AvgIpc) is 2.95. The summed E-state index contributed by atoms with van der Waals surface area (Å²) in [6.45, 7) is 0. The zero-order chi connectivity index (χ0) is 15.3. The first kappa shape index (κ1) is 14.6. The number of hydrogen-bond donors (Lipinski definition) is 1. The summed E-state index contributed by atoms with van der Waals surface area (Å²) < 4.78 is 1.13. The van der Waals surface area contributed by atoms with Crippen molar-refractivity contribution in [3.05, 3.63) is 74.2 Å². The van der Waals surface area contributed by atoms with E-state index >= 15 is 0 Å². The maximum absolute atomic E-state index is 6.47. The van der Waals surface area contributed by atoms with E-state index in [0.29, 0.717) is 16.9 Å². The second kappa shape index (κ2) is 5.59. The number of halogens is 3. The van der Waals surface area contributed by atoms with Crippen molar-refractivity contribution in [2.24, 2.45) is 5.92 Å². The first-order valence-corrected chi connectivity index (χ1v) is 8.86. The van der Waals surface area contributed by atoms with Crippen LogP contribution in [0.5, 0.6) is 0 Å². The van der Waals surface area contributed by atoms with Crippen LogP contribution in [0.25, 0.3) is 0 Å². The molecule has 1 aliphatic heterocycles. The molecule has 2 aromatic rings. The van der Waals surface area contributed by atoms with E-state index in [4.69, 9.17) is 23.2 Å². The minimum atomic E-state index is 0.248. The molecule has 0 bridgehead atoms. The summed E-state index contributed by atoms with van der Waals surface area (Å²) in [4.78, 5) is 0. The van der Waals surface area contributed by atoms with E-state index in [-0.39, 0.29) is 6.04 Å². The summed E-state index contributed by atoms with van der Waals surface area (Å²) in [6.07, 6.45) is 5.61. The summed E-state index contributed by atoms with van der Waals surface area (Å²) in [6, 6.07) is 12.5. The SMILES string of the molecule is Clc1cc(Cl)c2c(c1)N[C@H](c1ccccc1Br)[C@H]1CC=C[C@@H]21. The lowest BCUT2D eigenvalue weighted by atomic mass is 9.77. The lowest BCUT2D eigenvalue weighted by Gasteiger charge is -2.38. The van der Waals surface area contributed by atoms with Crippen LogP contribution in [-0.4, -0.2) is 0 Å². The van der Waals surface area contributed by atoms with Gasteiger partial charge in [0.15, 0.2) is 0 Å². The highest BCUT2D eigenvalue weighted by Gasteiger charge is 2.39. The van der Waals surface area contributed by atoms with Crippen molar-refractivity contribution in [2.45, 2.75) is 18.4 Å². The fourth-order valence-corrected chi connectivity index (χ4v) is 4.83. The van der Waals surface area contributed by atoms with E-state index in [0.717, 1.165) is 21.6 Å². The van der Waals surface area contributed by atoms with E-state index in [2.05, 4.69) is 51.6 Å². The van der Waals surface area contributed by atoms with E-state index in [1.54, 1.807) is 0 Å². The Labute approximate surface area is 148 Å². The Hall–Kier alpha value is -0.960. The van der Waals surface area contributed by atoms with Gasteiger partial charge >= 0.3 is 0 Å². The summed E-state index contributed by atoms with van der Waals surface area (Å²) in [5.41, 5.74) is 3.50. The molecule has 0 fully saturated rings. The highest BCUT2D eigenvalue weighted by atomic mass is 79.9. The number of rotatable bonds is 1. The Morgan fingerprint density at radius 1 is 1.14 bits per heavy atom. The summed E-state index contributed by atoms with van der Waals surface area (Å²) in [5.74, 6) is 0.822. The van der Waals surface area contributed by atoms with Crippen LogP contribution in [0.1, 0.15) is 29.5 Å². The zero-order valence-corrected chi connectivity index (χ0v) is 14.8. The van der Waals surface area contributed by atoms with Crippen LogP contribution in [0, 0.1) is 5.92 Å². The van der Waals surface area contributed by atoms with E-state index in [1.807, 2.05) is 18.2 Å². The molecule has 4 rings (SSSR count). The third kappa shape index (κ3) is 2.29. The predicted molar refractivity (Wildman–Crippen MR) is 97.0 cm³/mol. The van der Waals surface area contributed by atoms with Crippen LogP contribution < -0.4 is 5.32 Å². The molecule has 112 valence electrons. The molecule has 4 heteroatoms. The van der Waals surface area contributed by atoms with Gasteiger partial charge in [-0.15, -0.1) is 0 Å². The topological polar surface area (TPSA) is 12.0 Å². The average molecular weight is 395 g/mol. The van der Waals surface area contributed by atoms with Gasteiger partial charge in [-0.25, -0.2) is 0 Å². The molecule has 0 amide bonds.